The molecule has 2 rings (SSSR count). The summed E-state index contributed by atoms with van der Waals surface area (Å²) in [6.45, 7) is 1.68. The molecular weight excluding hydrogens is 400 g/mol. The lowest BCUT2D eigenvalue weighted by molar-refractivity contribution is 0.560. The summed E-state index contributed by atoms with van der Waals surface area (Å²) in [5, 5.41) is 6.32. The zero-order valence-electron chi connectivity index (χ0n) is 9.76. The van der Waals surface area contributed by atoms with Gasteiger partial charge in [0.25, 0.3) is 0 Å². The van der Waals surface area contributed by atoms with Gasteiger partial charge in [0.2, 0.25) is 10.0 Å². The maximum absolute atomic E-state index is 12.3. The van der Waals surface area contributed by atoms with Gasteiger partial charge in [-0.05, 0) is 41.1 Å². The molecule has 2 N–H and O–H groups in total. The van der Waals surface area contributed by atoms with Gasteiger partial charge in [-0.3, -0.25) is 5.10 Å². The van der Waals surface area contributed by atoms with E-state index in [1.807, 2.05) is 0 Å². The first-order chi connectivity index (χ1) is 8.90. The van der Waals surface area contributed by atoms with Crippen LogP contribution in [-0.2, 0) is 10.0 Å². The maximum Gasteiger partial charge on any atom is 0.242 e. The van der Waals surface area contributed by atoms with Crippen LogP contribution in [0.3, 0.4) is 0 Å². The van der Waals surface area contributed by atoms with E-state index in [1.54, 1.807) is 19.1 Å². The summed E-state index contributed by atoms with van der Waals surface area (Å²) in [6.07, 6.45) is 1.33. The molecule has 0 aliphatic heterocycles. The molecule has 0 aliphatic rings. The van der Waals surface area contributed by atoms with E-state index in [9.17, 15) is 8.42 Å². The highest BCUT2D eigenvalue weighted by Gasteiger charge is 2.22. The van der Waals surface area contributed by atoms with Crippen LogP contribution in [0, 0.1) is 0 Å². The number of halogens is 2. The third-order valence-electron chi connectivity index (χ3n) is 2.36. The molecule has 6 nitrogen and oxygen atoms in total. The second-order valence-corrected chi connectivity index (χ2v) is 7.24. The molecular formula is C10H10Br2N4O2S. The van der Waals surface area contributed by atoms with Crippen molar-refractivity contribution in [2.45, 2.75) is 17.9 Å². The van der Waals surface area contributed by atoms with E-state index in [-0.39, 0.29) is 4.90 Å². The average Bonchev–Trinajstić information content (AvgIpc) is 2.85. The summed E-state index contributed by atoms with van der Waals surface area (Å²) in [4.78, 5) is 4.08. The molecule has 0 bridgehead atoms. The van der Waals surface area contributed by atoms with Crippen LogP contribution in [0.4, 0.5) is 0 Å². The molecule has 1 heterocycles. The molecule has 19 heavy (non-hydrogen) atoms. The van der Waals surface area contributed by atoms with Gasteiger partial charge in [0.1, 0.15) is 12.2 Å². The second-order valence-electron chi connectivity index (χ2n) is 3.79. The molecule has 9 heteroatoms. The predicted molar refractivity (Wildman–Crippen MR) is 77.0 cm³/mol. The highest BCUT2D eigenvalue weighted by Crippen LogP contribution is 2.26. The summed E-state index contributed by atoms with van der Waals surface area (Å²) in [7, 11) is -3.65. The van der Waals surface area contributed by atoms with Crippen LogP contribution >= 0.6 is 31.9 Å². The Bertz CT molecular complexity index is 673. The third kappa shape index (κ3) is 3.41. The Labute approximate surface area is 127 Å². The van der Waals surface area contributed by atoms with Crippen LogP contribution in [0.1, 0.15) is 18.8 Å². The summed E-state index contributed by atoms with van der Waals surface area (Å²) in [6, 6.07) is 4.44. The number of nitrogens with zero attached hydrogens (tertiary/aromatic N) is 2. The quantitative estimate of drug-likeness (QED) is 0.811. The first-order valence-electron chi connectivity index (χ1n) is 5.23. The molecule has 0 aliphatic carbocycles. The maximum atomic E-state index is 12.3. The van der Waals surface area contributed by atoms with Crippen molar-refractivity contribution in [2.75, 3.05) is 0 Å². The van der Waals surface area contributed by atoms with Crippen molar-refractivity contribution < 1.29 is 8.42 Å². The van der Waals surface area contributed by atoms with Crippen molar-refractivity contribution >= 4 is 41.9 Å². The van der Waals surface area contributed by atoms with Crippen LogP contribution in [0.5, 0.6) is 0 Å². The van der Waals surface area contributed by atoms with Crippen LogP contribution < -0.4 is 4.72 Å². The van der Waals surface area contributed by atoms with E-state index in [4.69, 9.17) is 0 Å². The van der Waals surface area contributed by atoms with Crippen molar-refractivity contribution in [1.29, 1.82) is 0 Å². The molecule has 0 radical (unpaired) electrons. The molecule has 1 aromatic heterocycles. The SMILES string of the molecule is CC(NS(=O)(=O)c1cc(Br)ccc1Br)c1ncn[nH]1. The fourth-order valence-electron chi connectivity index (χ4n) is 1.46. The predicted octanol–water partition coefficient (Wildman–Crippen LogP) is 2.37. The van der Waals surface area contributed by atoms with Gasteiger partial charge >= 0.3 is 0 Å². The van der Waals surface area contributed by atoms with E-state index < -0.39 is 16.1 Å². The Morgan fingerprint density at radius 2 is 2.11 bits per heavy atom. The Balaban J connectivity index is 2.30. The molecule has 1 aromatic carbocycles. The zero-order valence-corrected chi connectivity index (χ0v) is 13.8. The number of hydrogen-bond acceptors (Lipinski definition) is 4. The van der Waals surface area contributed by atoms with Gasteiger partial charge in [0.05, 0.1) is 10.9 Å². The summed E-state index contributed by atoms with van der Waals surface area (Å²) in [5.74, 6) is 0.453. The van der Waals surface area contributed by atoms with Gasteiger partial charge in [-0.2, -0.15) is 5.10 Å². The number of H-pyrrole nitrogens is 1. The van der Waals surface area contributed by atoms with Crippen LogP contribution in [0.2, 0.25) is 0 Å². The molecule has 0 spiro atoms. The standard InChI is InChI=1S/C10H10Br2N4O2S/c1-6(10-13-5-14-15-10)16-19(17,18)9-4-7(11)2-3-8(9)12/h2-6,16H,1H3,(H,13,14,15). The second kappa shape index (κ2) is 5.70. The molecule has 1 atom stereocenters. The average molecular weight is 410 g/mol. The van der Waals surface area contributed by atoms with Gasteiger partial charge in [-0.15, -0.1) is 0 Å². The third-order valence-corrected chi connectivity index (χ3v) is 5.39. The lowest BCUT2D eigenvalue weighted by atomic mass is 10.3. The molecule has 102 valence electrons. The molecule has 2 aromatic rings. The Morgan fingerprint density at radius 1 is 1.37 bits per heavy atom. The molecule has 0 amide bonds. The summed E-state index contributed by atoms with van der Waals surface area (Å²) < 4.78 is 28.3. The smallest absolute Gasteiger partial charge is 0.242 e. The van der Waals surface area contributed by atoms with E-state index in [0.717, 1.165) is 0 Å². The van der Waals surface area contributed by atoms with Crippen molar-refractivity contribution in [1.82, 2.24) is 19.9 Å². The van der Waals surface area contributed by atoms with Crippen LogP contribution in [-0.4, -0.2) is 23.6 Å². The monoisotopic (exact) mass is 408 g/mol. The van der Waals surface area contributed by atoms with E-state index in [0.29, 0.717) is 14.8 Å². The fourth-order valence-corrected chi connectivity index (χ4v) is 4.17. The lowest BCUT2D eigenvalue weighted by Crippen LogP contribution is -2.28. The number of sulfonamides is 1. The van der Waals surface area contributed by atoms with E-state index in [2.05, 4.69) is 51.8 Å². The minimum absolute atomic E-state index is 0.160. The Kier molecular flexibility index (Phi) is 4.39. The number of nitrogens with one attached hydrogen (secondary N) is 2. The first-order valence-corrected chi connectivity index (χ1v) is 8.30. The number of aromatic amines is 1. The van der Waals surface area contributed by atoms with Crippen molar-refractivity contribution in [3.8, 4) is 0 Å². The summed E-state index contributed by atoms with van der Waals surface area (Å²) >= 11 is 6.48. The Hall–Kier alpha value is -0.770. The topological polar surface area (TPSA) is 87.7 Å². The van der Waals surface area contributed by atoms with Gasteiger partial charge in [-0.25, -0.2) is 18.1 Å². The van der Waals surface area contributed by atoms with Crippen molar-refractivity contribution in [3.63, 3.8) is 0 Å². The highest BCUT2D eigenvalue weighted by atomic mass is 79.9. The van der Waals surface area contributed by atoms with E-state index >= 15 is 0 Å². The van der Waals surface area contributed by atoms with E-state index in [1.165, 1.54) is 12.4 Å². The Morgan fingerprint density at radius 3 is 2.74 bits per heavy atom. The largest absolute Gasteiger partial charge is 0.262 e. The molecule has 0 fully saturated rings. The van der Waals surface area contributed by atoms with Crippen LogP contribution in [0.15, 0.2) is 38.4 Å². The van der Waals surface area contributed by atoms with Gasteiger partial charge in [0, 0.05) is 8.95 Å². The normalized spacial score (nSPS) is 13.4. The van der Waals surface area contributed by atoms with Crippen molar-refractivity contribution in [3.05, 3.63) is 39.3 Å². The van der Waals surface area contributed by atoms with Gasteiger partial charge < -0.3 is 0 Å². The zero-order chi connectivity index (χ0) is 14.0. The number of hydrogen-bond donors (Lipinski definition) is 2. The minimum Gasteiger partial charge on any atom is -0.262 e. The van der Waals surface area contributed by atoms with Gasteiger partial charge in [0.15, 0.2) is 0 Å². The minimum atomic E-state index is -3.65. The summed E-state index contributed by atoms with van der Waals surface area (Å²) in [5.41, 5.74) is 0. The number of rotatable bonds is 4. The van der Waals surface area contributed by atoms with Gasteiger partial charge in [-0.1, -0.05) is 15.9 Å². The number of benzene rings is 1. The molecule has 0 saturated carbocycles. The molecule has 0 saturated heterocycles. The van der Waals surface area contributed by atoms with Crippen molar-refractivity contribution in [2.24, 2.45) is 0 Å². The first kappa shape index (κ1) is 14.6. The lowest BCUT2D eigenvalue weighted by Gasteiger charge is -2.13. The molecule has 1 unspecified atom stereocenters. The fraction of sp³-hybridized carbons (Fsp3) is 0.200. The number of aromatic nitrogens is 3. The highest BCUT2D eigenvalue weighted by molar-refractivity contribution is 9.11. The van der Waals surface area contributed by atoms with Crippen LogP contribution in [0.25, 0.3) is 0 Å².